The summed E-state index contributed by atoms with van der Waals surface area (Å²) in [5.74, 6) is -0.214. The van der Waals surface area contributed by atoms with Gasteiger partial charge in [-0.3, -0.25) is 4.79 Å². The van der Waals surface area contributed by atoms with Gasteiger partial charge in [0, 0.05) is 5.02 Å². The molecule has 0 spiro atoms. The van der Waals surface area contributed by atoms with Crippen LogP contribution < -0.4 is 5.43 Å². The maximum Gasteiger partial charge on any atom is 0.244 e. The Balaban J connectivity index is 1.89. The van der Waals surface area contributed by atoms with E-state index in [1.165, 1.54) is 6.21 Å². The predicted molar refractivity (Wildman–Crippen MR) is 87.4 cm³/mol. The molecule has 3 nitrogen and oxygen atoms in total. The Labute approximate surface area is 137 Å². The zero-order chi connectivity index (χ0) is 15.2. The van der Waals surface area contributed by atoms with E-state index in [1.807, 2.05) is 0 Å². The second-order valence-electron chi connectivity index (χ2n) is 4.27. The molecule has 0 fully saturated rings. The number of carbonyl (C=O) groups excluding carboxylic acids is 1. The van der Waals surface area contributed by atoms with E-state index in [0.717, 1.165) is 11.1 Å². The first-order valence-corrected chi connectivity index (χ1v) is 7.19. The first kappa shape index (κ1) is 15.8. The lowest BCUT2D eigenvalue weighted by Gasteiger charge is -2.01. The van der Waals surface area contributed by atoms with Crippen LogP contribution >= 0.6 is 34.8 Å². The largest absolute Gasteiger partial charge is 0.273 e. The monoisotopic (exact) mass is 340 g/mol. The van der Waals surface area contributed by atoms with Crippen LogP contribution in [0.15, 0.2) is 47.6 Å². The summed E-state index contributed by atoms with van der Waals surface area (Å²) in [6.45, 7) is 0. The molecule has 0 atom stereocenters. The fraction of sp³-hybridized carbons (Fsp3) is 0.0667. The van der Waals surface area contributed by atoms with Gasteiger partial charge in [-0.2, -0.15) is 5.10 Å². The molecular formula is C15H11Cl3N2O. The zero-order valence-electron chi connectivity index (χ0n) is 10.8. The summed E-state index contributed by atoms with van der Waals surface area (Å²) in [5.41, 5.74) is 4.06. The standard InChI is InChI=1S/C15H11Cl3N2O/c16-12-4-1-10(2-5-12)8-15(21)20-19-9-11-3-6-13(17)14(18)7-11/h1-7,9H,8H2,(H,20,21)/b19-9-. The Hall–Kier alpha value is -1.55. The van der Waals surface area contributed by atoms with Crippen LogP contribution in [0.1, 0.15) is 11.1 Å². The normalized spacial score (nSPS) is 10.8. The second-order valence-corrected chi connectivity index (χ2v) is 5.52. The first-order valence-electron chi connectivity index (χ1n) is 6.06. The van der Waals surface area contributed by atoms with Crippen molar-refractivity contribution >= 4 is 46.9 Å². The summed E-state index contributed by atoms with van der Waals surface area (Å²) in [5, 5.41) is 5.42. The number of amides is 1. The maximum atomic E-state index is 11.7. The van der Waals surface area contributed by atoms with Crippen molar-refractivity contribution in [1.29, 1.82) is 0 Å². The van der Waals surface area contributed by atoms with E-state index in [2.05, 4.69) is 10.5 Å². The van der Waals surface area contributed by atoms with E-state index in [4.69, 9.17) is 34.8 Å². The lowest BCUT2D eigenvalue weighted by Crippen LogP contribution is -2.19. The van der Waals surface area contributed by atoms with E-state index >= 15 is 0 Å². The van der Waals surface area contributed by atoms with Gasteiger partial charge >= 0.3 is 0 Å². The number of hydrazone groups is 1. The average Bonchev–Trinajstić information content (AvgIpc) is 2.45. The summed E-state index contributed by atoms with van der Waals surface area (Å²) in [7, 11) is 0. The second kappa shape index (κ2) is 7.46. The van der Waals surface area contributed by atoms with Gasteiger partial charge in [-0.15, -0.1) is 0 Å². The van der Waals surface area contributed by atoms with Crippen LogP contribution in [-0.2, 0) is 11.2 Å². The number of nitrogens with one attached hydrogen (secondary N) is 1. The maximum absolute atomic E-state index is 11.7. The number of halogens is 3. The molecule has 6 heteroatoms. The molecule has 2 aromatic carbocycles. The third kappa shape index (κ3) is 5.05. The molecule has 0 unspecified atom stereocenters. The number of nitrogens with zero attached hydrogens (tertiary/aromatic N) is 1. The van der Waals surface area contributed by atoms with Crippen LogP contribution in [-0.4, -0.2) is 12.1 Å². The molecule has 1 amide bonds. The van der Waals surface area contributed by atoms with Crippen LogP contribution in [0.3, 0.4) is 0 Å². The molecule has 0 aliphatic rings. The van der Waals surface area contributed by atoms with Crippen molar-refractivity contribution in [3.8, 4) is 0 Å². The summed E-state index contributed by atoms with van der Waals surface area (Å²) in [4.78, 5) is 11.7. The Morgan fingerprint density at radius 1 is 1.05 bits per heavy atom. The molecule has 108 valence electrons. The molecule has 0 saturated heterocycles. The minimum absolute atomic E-state index is 0.214. The lowest BCUT2D eigenvalue weighted by molar-refractivity contribution is -0.120. The molecule has 0 saturated carbocycles. The fourth-order valence-electron chi connectivity index (χ4n) is 1.60. The minimum Gasteiger partial charge on any atom is -0.273 e. The first-order chi connectivity index (χ1) is 10.0. The molecule has 0 heterocycles. The van der Waals surface area contributed by atoms with Gasteiger partial charge in [-0.05, 0) is 35.4 Å². The molecule has 0 radical (unpaired) electrons. The molecule has 2 rings (SSSR count). The highest BCUT2D eigenvalue weighted by molar-refractivity contribution is 6.42. The quantitative estimate of drug-likeness (QED) is 0.652. The van der Waals surface area contributed by atoms with E-state index in [0.29, 0.717) is 15.1 Å². The van der Waals surface area contributed by atoms with Crippen LogP contribution in [0.5, 0.6) is 0 Å². The summed E-state index contributed by atoms with van der Waals surface area (Å²) in [6.07, 6.45) is 1.73. The number of hydrogen-bond donors (Lipinski definition) is 1. The molecule has 0 aromatic heterocycles. The number of benzene rings is 2. The van der Waals surface area contributed by atoms with Crippen LogP contribution in [0, 0.1) is 0 Å². The molecule has 0 aliphatic heterocycles. The van der Waals surface area contributed by atoms with Crippen molar-refractivity contribution in [3.05, 3.63) is 68.7 Å². The lowest BCUT2D eigenvalue weighted by atomic mass is 10.1. The molecule has 0 aliphatic carbocycles. The van der Waals surface area contributed by atoms with Gasteiger partial charge in [0.1, 0.15) is 0 Å². The smallest absolute Gasteiger partial charge is 0.244 e. The van der Waals surface area contributed by atoms with Crippen LogP contribution in [0.4, 0.5) is 0 Å². The average molecular weight is 342 g/mol. The fourth-order valence-corrected chi connectivity index (χ4v) is 2.03. The topological polar surface area (TPSA) is 41.5 Å². The number of rotatable bonds is 4. The molecule has 2 aromatic rings. The van der Waals surface area contributed by atoms with Gasteiger partial charge in [0.2, 0.25) is 5.91 Å². The van der Waals surface area contributed by atoms with Crippen molar-refractivity contribution in [2.24, 2.45) is 5.10 Å². The third-order valence-corrected chi connectivity index (χ3v) is 3.62. The summed E-state index contributed by atoms with van der Waals surface area (Å²) >= 11 is 17.5. The van der Waals surface area contributed by atoms with Gasteiger partial charge in [0.15, 0.2) is 0 Å². The molecular weight excluding hydrogens is 331 g/mol. The summed E-state index contributed by atoms with van der Waals surface area (Å²) in [6, 6.07) is 12.2. The highest BCUT2D eigenvalue weighted by atomic mass is 35.5. The van der Waals surface area contributed by atoms with E-state index < -0.39 is 0 Å². The molecule has 21 heavy (non-hydrogen) atoms. The van der Waals surface area contributed by atoms with E-state index in [-0.39, 0.29) is 12.3 Å². The van der Waals surface area contributed by atoms with Gasteiger partial charge in [0.05, 0.1) is 22.7 Å². The Morgan fingerprint density at radius 3 is 2.43 bits per heavy atom. The highest BCUT2D eigenvalue weighted by Gasteiger charge is 2.02. The highest BCUT2D eigenvalue weighted by Crippen LogP contribution is 2.21. The van der Waals surface area contributed by atoms with Crippen molar-refractivity contribution in [2.45, 2.75) is 6.42 Å². The van der Waals surface area contributed by atoms with E-state index in [1.54, 1.807) is 42.5 Å². The minimum atomic E-state index is -0.214. The van der Waals surface area contributed by atoms with Crippen LogP contribution in [0.25, 0.3) is 0 Å². The zero-order valence-corrected chi connectivity index (χ0v) is 13.1. The van der Waals surface area contributed by atoms with Gasteiger partial charge < -0.3 is 0 Å². The Morgan fingerprint density at radius 2 is 1.76 bits per heavy atom. The third-order valence-electron chi connectivity index (χ3n) is 2.62. The Bertz CT molecular complexity index is 669. The van der Waals surface area contributed by atoms with Gasteiger partial charge in [0.25, 0.3) is 0 Å². The molecule has 0 bridgehead atoms. The Kier molecular flexibility index (Phi) is 5.62. The summed E-state index contributed by atoms with van der Waals surface area (Å²) < 4.78 is 0. The van der Waals surface area contributed by atoms with Crippen molar-refractivity contribution in [3.63, 3.8) is 0 Å². The van der Waals surface area contributed by atoms with Gasteiger partial charge in [-0.1, -0.05) is 53.0 Å². The van der Waals surface area contributed by atoms with Crippen molar-refractivity contribution in [1.82, 2.24) is 5.43 Å². The molecule has 1 N–H and O–H groups in total. The van der Waals surface area contributed by atoms with Crippen molar-refractivity contribution in [2.75, 3.05) is 0 Å². The van der Waals surface area contributed by atoms with Gasteiger partial charge in [-0.25, -0.2) is 5.43 Å². The van der Waals surface area contributed by atoms with E-state index in [9.17, 15) is 4.79 Å². The SMILES string of the molecule is O=C(Cc1ccc(Cl)cc1)N/N=C\c1ccc(Cl)c(Cl)c1. The predicted octanol–water partition coefficient (Wildman–Crippen LogP) is 4.34. The van der Waals surface area contributed by atoms with Crippen molar-refractivity contribution < 1.29 is 4.79 Å². The number of hydrogen-bond acceptors (Lipinski definition) is 2. The van der Waals surface area contributed by atoms with Crippen LogP contribution in [0.2, 0.25) is 15.1 Å². The number of carbonyl (C=O) groups is 1.